The summed E-state index contributed by atoms with van der Waals surface area (Å²) in [7, 11) is 0. The maximum Gasteiger partial charge on any atom is 0.385 e. The van der Waals surface area contributed by atoms with Crippen molar-refractivity contribution in [2.24, 2.45) is 0 Å². The summed E-state index contributed by atoms with van der Waals surface area (Å²) in [4.78, 5) is 0. The van der Waals surface area contributed by atoms with Crippen LogP contribution in [0, 0.1) is 0 Å². The Morgan fingerprint density at radius 2 is 0.433 bits per heavy atom. The molecule has 0 atom stereocenters. The molecule has 0 rings (SSSR count). The average Bonchev–Trinajstić information content (AvgIpc) is 2.52. The van der Waals surface area contributed by atoms with E-state index in [0.717, 1.165) is 0 Å². The topological polar surface area (TPSA) is 80.9 Å². The number of hydrogen-bond acceptors (Lipinski definition) is 4. The molecule has 0 saturated carbocycles. The summed E-state index contributed by atoms with van der Waals surface area (Å²) in [5.74, 6) is -65.1. The van der Waals surface area contributed by atoms with Crippen molar-refractivity contribution >= 4 is 0 Å². The molecule has 4 nitrogen and oxygen atoms in total. The Kier molecular flexibility index (Phi) is 6.82. The molecule has 0 saturated heterocycles. The summed E-state index contributed by atoms with van der Waals surface area (Å²) in [5, 5.41) is 31.4. The Morgan fingerprint density at radius 3 is 0.567 bits per heavy atom. The van der Waals surface area contributed by atoms with E-state index in [9.17, 15) is 70.2 Å². The number of alkyl halides is 16. The Hall–Kier alpha value is -1.28. The standard InChI is InChI=1S/C10H6F16O4/c11-3(12,1(27)28)5(15,16)7(19,20)9(23,24)10(25,26)8(21,22)6(17,18)4(13,14)2(29)30/h1-2,27-30H. The molecule has 0 spiro atoms. The lowest BCUT2D eigenvalue weighted by Crippen LogP contribution is -2.76. The van der Waals surface area contributed by atoms with Crippen LogP contribution in [0.2, 0.25) is 0 Å². The van der Waals surface area contributed by atoms with Gasteiger partial charge in [0.05, 0.1) is 0 Å². The van der Waals surface area contributed by atoms with E-state index in [1.807, 2.05) is 0 Å². The van der Waals surface area contributed by atoms with Crippen LogP contribution in [0.1, 0.15) is 0 Å². The van der Waals surface area contributed by atoms with Crippen molar-refractivity contribution in [3.8, 4) is 0 Å². The summed E-state index contributed by atoms with van der Waals surface area (Å²) in [6, 6.07) is 0. The lowest BCUT2D eigenvalue weighted by Gasteiger charge is -2.43. The second-order valence-corrected chi connectivity index (χ2v) is 5.44. The first-order valence-electron chi connectivity index (χ1n) is 6.38. The Balaban J connectivity index is 6.82. The van der Waals surface area contributed by atoms with Gasteiger partial charge in [-0.1, -0.05) is 0 Å². The van der Waals surface area contributed by atoms with Gasteiger partial charge in [0.25, 0.3) is 0 Å². The van der Waals surface area contributed by atoms with Crippen molar-refractivity contribution in [3.05, 3.63) is 0 Å². The lowest BCUT2D eigenvalue weighted by molar-refractivity contribution is -0.466. The average molecular weight is 494 g/mol. The zero-order chi connectivity index (χ0) is 25.2. The molecule has 0 aromatic carbocycles. The molecule has 30 heavy (non-hydrogen) atoms. The largest absolute Gasteiger partial charge is 0.385 e. The maximum absolute atomic E-state index is 13.2. The summed E-state index contributed by atoms with van der Waals surface area (Å²) in [5.41, 5.74) is 0. The quantitative estimate of drug-likeness (QED) is 0.294. The third-order valence-corrected chi connectivity index (χ3v) is 3.46. The number of hydrogen-bond donors (Lipinski definition) is 4. The zero-order valence-corrected chi connectivity index (χ0v) is 13.0. The van der Waals surface area contributed by atoms with Gasteiger partial charge < -0.3 is 20.4 Å². The monoisotopic (exact) mass is 494 g/mol. The highest BCUT2D eigenvalue weighted by Crippen LogP contribution is 2.64. The first-order valence-corrected chi connectivity index (χ1v) is 6.38. The van der Waals surface area contributed by atoms with E-state index in [-0.39, 0.29) is 0 Å². The van der Waals surface area contributed by atoms with E-state index in [1.54, 1.807) is 0 Å². The molecule has 182 valence electrons. The van der Waals surface area contributed by atoms with Crippen LogP contribution in [0.4, 0.5) is 70.2 Å². The molecule has 0 aromatic heterocycles. The summed E-state index contributed by atoms with van der Waals surface area (Å²) in [6.07, 6.45) is -10.1. The molecular formula is C10H6F16O4. The van der Waals surface area contributed by atoms with Gasteiger partial charge in [-0.3, -0.25) is 0 Å². The molecule has 0 aliphatic rings. The fourth-order valence-corrected chi connectivity index (χ4v) is 1.53. The van der Waals surface area contributed by atoms with E-state index in [0.29, 0.717) is 0 Å². The van der Waals surface area contributed by atoms with Gasteiger partial charge in [-0.05, 0) is 0 Å². The van der Waals surface area contributed by atoms with Gasteiger partial charge in [-0.2, -0.15) is 70.2 Å². The van der Waals surface area contributed by atoms with Crippen molar-refractivity contribution < 1.29 is 90.7 Å². The SMILES string of the molecule is OC(O)C(F)(F)C(F)(F)C(F)(F)C(F)(F)C(F)(F)C(F)(F)C(F)(F)C(F)(F)C(O)O. The van der Waals surface area contributed by atoms with Crippen LogP contribution >= 0.6 is 0 Å². The minimum atomic E-state index is -8.73. The molecule has 0 aliphatic carbocycles. The van der Waals surface area contributed by atoms with E-state index in [1.165, 1.54) is 0 Å². The molecule has 0 radical (unpaired) electrons. The number of aliphatic hydroxyl groups is 4. The molecule has 0 amide bonds. The first-order chi connectivity index (χ1) is 12.6. The molecule has 4 N–H and O–H groups in total. The predicted molar refractivity (Wildman–Crippen MR) is 56.0 cm³/mol. The highest BCUT2D eigenvalue weighted by molar-refractivity contribution is 5.16. The van der Waals surface area contributed by atoms with Gasteiger partial charge in [0.2, 0.25) is 12.6 Å². The number of rotatable bonds is 9. The van der Waals surface area contributed by atoms with Crippen molar-refractivity contribution in [2.45, 2.75) is 60.0 Å². The molecule has 0 unspecified atom stereocenters. The Labute approximate surface area is 152 Å². The summed E-state index contributed by atoms with van der Waals surface area (Å²) < 4.78 is 208. The number of halogens is 16. The zero-order valence-electron chi connectivity index (χ0n) is 13.0. The molecule has 0 fully saturated rings. The fourth-order valence-electron chi connectivity index (χ4n) is 1.53. The Bertz CT molecular complexity index is 574. The van der Waals surface area contributed by atoms with Gasteiger partial charge in [-0.25, -0.2) is 0 Å². The van der Waals surface area contributed by atoms with Gasteiger partial charge in [0.1, 0.15) is 0 Å². The third-order valence-electron chi connectivity index (χ3n) is 3.46. The van der Waals surface area contributed by atoms with Gasteiger partial charge in [-0.15, -0.1) is 0 Å². The second-order valence-electron chi connectivity index (χ2n) is 5.44. The van der Waals surface area contributed by atoms with E-state index in [4.69, 9.17) is 20.4 Å². The van der Waals surface area contributed by atoms with E-state index < -0.39 is 60.0 Å². The summed E-state index contributed by atoms with van der Waals surface area (Å²) >= 11 is 0. The maximum atomic E-state index is 13.2. The van der Waals surface area contributed by atoms with Crippen molar-refractivity contribution in [3.63, 3.8) is 0 Å². The van der Waals surface area contributed by atoms with Crippen molar-refractivity contribution in [2.75, 3.05) is 0 Å². The highest BCUT2D eigenvalue weighted by atomic mass is 19.4. The van der Waals surface area contributed by atoms with Gasteiger partial charge in [0, 0.05) is 0 Å². The molecule has 0 aromatic rings. The first kappa shape index (κ1) is 28.7. The van der Waals surface area contributed by atoms with Crippen LogP contribution in [0.25, 0.3) is 0 Å². The van der Waals surface area contributed by atoms with Crippen molar-refractivity contribution in [1.29, 1.82) is 0 Å². The molecule has 0 aliphatic heterocycles. The second kappa shape index (κ2) is 7.12. The smallest absolute Gasteiger partial charge is 0.363 e. The minimum Gasteiger partial charge on any atom is -0.363 e. The molecular weight excluding hydrogens is 488 g/mol. The van der Waals surface area contributed by atoms with E-state index >= 15 is 0 Å². The highest BCUT2D eigenvalue weighted by Gasteiger charge is 2.95. The van der Waals surface area contributed by atoms with Crippen LogP contribution in [-0.4, -0.2) is 80.4 Å². The predicted octanol–water partition coefficient (Wildman–Crippen LogP) is 2.69. The van der Waals surface area contributed by atoms with Gasteiger partial charge >= 0.3 is 47.4 Å². The van der Waals surface area contributed by atoms with Crippen LogP contribution in [0.3, 0.4) is 0 Å². The van der Waals surface area contributed by atoms with Crippen LogP contribution in [0.15, 0.2) is 0 Å². The summed E-state index contributed by atoms with van der Waals surface area (Å²) in [6.45, 7) is 0. The molecule has 0 heterocycles. The molecule has 20 heteroatoms. The van der Waals surface area contributed by atoms with Crippen molar-refractivity contribution in [1.82, 2.24) is 0 Å². The van der Waals surface area contributed by atoms with E-state index in [2.05, 4.69) is 0 Å². The van der Waals surface area contributed by atoms with Crippen LogP contribution < -0.4 is 0 Å². The van der Waals surface area contributed by atoms with Crippen LogP contribution in [0.5, 0.6) is 0 Å². The normalized spacial score (nSPS) is 16.6. The third kappa shape index (κ3) is 3.25. The number of aliphatic hydroxyl groups excluding tert-OH is 2. The minimum absolute atomic E-state index is 5.03. The van der Waals surface area contributed by atoms with Crippen LogP contribution in [-0.2, 0) is 0 Å². The molecule has 0 bridgehead atoms. The fraction of sp³-hybridized carbons (Fsp3) is 1.00. The van der Waals surface area contributed by atoms with Gasteiger partial charge in [0.15, 0.2) is 0 Å². The lowest BCUT2D eigenvalue weighted by atomic mass is 9.87. The Morgan fingerprint density at radius 1 is 0.300 bits per heavy atom.